The lowest BCUT2D eigenvalue weighted by atomic mass is 10.1. The molecule has 0 bridgehead atoms. The summed E-state index contributed by atoms with van der Waals surface area (Å²) in [5.41, 5.74) is 3.05. The number of carbonyl (C=O) groups is 2. The normalized spacial score (nSPS) is 10.2. The maximum atomic E-state index is 12.9. The Bertz CT molecular complexity index is 1130. The third kappa shape index (κ3) is 6.54. The van der Waals surface area contributed by atoms with Crippen LogP contribution in [0.25, 0.3) is 0 Å². The number of hydrogen-bond acceptors (Lipinski definition) is 5. The van der Waals surface area contributed by atoms with E-state index in [0.29, 0.717) is 35.6 Å². The zero-order valence-corrected chi connectivity index (χ0v) is 18.4. The van der Waals surface area contributed by atoms with E-state index >= 15 is 0 Å². The van der Waals surface area contributed by atoms with Crippen molar-refractivity contribution < 1.29 is 14.5 Å². The van der Waals surface area contributed by atoms with Crippen molar-refractivity contribution in [3.8, 4) is 0 Å². The highest BCUT2D eigenvalue weighted by atomic mass is 16.6. The summed E-state index contributed by atoms with van der Waals surface area (Å²) < 4.78 is 0. The first kappa shape index (κ1) is 23.3. The van der Waals surface area contributed by atoms with Crippen molar-refractivity contribution in [3.63, 3.8) is 0 Å². The summed E-state index contributed by atoms with van der Waals surface area (Å²) in [5, 5.41) is 19.0. The van der Waals surface area contributed by atoms with Crippen molar-refractivity contribution >= 4 is 34.7 Å². The average Bonchev–Trinajstić information content (AvgIpc) is 2.79. The smallest absolute Gasteiger partial charge is 0.323 e. The molecule has 0 aliphatic rings. The molecule has 0 aliphatic carbocycles. The van der Waals surface area contributed by atoms with Gasteiger partial charge in [-0.3, -0.25) is 14.9 Å². The van der Waals surface area contributed by atoms with Gasteiger partial charge in [-0.2, -0.15) is 0 Å². The molecule has 33 heavy (non-hydrogen) atoms. The maximum absolute atomic E-state index is 12.9. The minimum Gasteiger partial charge on any atom is -0.377 e. The van der Waals surface area contributed by atoms with Crippen LogP contribution in [0, 0.1) is 10.1 Å². The van der Waals surface area contributed by atoms with E-state index < -0.39 is 11.0 Å². The van der Waals surface area contributed by atoms with Gasteiger partial charge in [-0.15, -0.1) is 0 Å². The molecule has 0 spiro atoms. The Hall–Kier alpha value is -4.40. The number of non-ortho nitro benzene ring substituents is 1. The second-order valence-corrected chi connectivity index (χ2v) is 7.50. The average molecular weight is 447 g/mol. The molecule has 3 rings (SSSR count). The highest BCUT2D eigenvalue weighted by molar-refractivity contribution is 6.04. The molecular formula is C24H25N5O4. The Morgan fingerprint density at radius 2 is 1.55 bits per heavy atom. The predicted molar refractivity (Wildman–Crippen MR) is 129 cm³/mol. The van der Waals surface area contributed by atoms with Crippen LogP contribution in [0.3, 0.4) is 0 Å². The zero-order valence-electron chi connectivity index (χ0n) is 18.4. The van der Waals surface area contributed by atoms with Gasteiger partial charge < -0.3 is 20.9 Å². The molecule has 0 heterocycles. The summed E-state index contributed by atoms with van der Waals surface area (Å²) in [5.74, 6) is -0.242. The third-order valence-corrected chi connectivity index (χ3v) is 4.86. The molecule has 0 fully saturated rings. The number of carbonyl (C=O) groups excluding carboxylic acids is 2. The van der Waals surface area contributed by atoms with Gasteiger partial charge in [0.1, 0.15) is 0 Å². The monoisotopic (exact) mass is 447 g/mol. The Labute approximate surface area is 191 Å². The molecule has 0 saturated carbocycles. The van der Waals surface area contributed by atoms with E-state index in [0.717, 1.165) is 5.56 Å². The fourth-order valence-corrected chi connectivity index (χ4v) is 3.21. The first-order valence-corrected chi connectivity index (χ1v) is 10.3. The molecule has 3 N–H and O–H groups in total. The van der Waals surface area contributed by atoms with Crippen LogP contribution in [0.4, 0.5) is 27.5 Å². The number of benzene rings is 3. The second-order valence-electron chi connectivity index (χ2n) is 7.50. The number of amides is 3. The van der Waals surface area contributed by atoms with Gasteiger partial charge >= 0.3 is 6.03 Å². The molecule has 9 heteroatoms. The largest absolute Gasteiger partial charge is 0.377 e. The van der Waals surface area contributed by atoms with Crippen LogP contribution >= 0.6 is 0 Å². The van der Waals surface area contributed by atoms with Gasteiger partial charge in [-0.05, 0) is 42.3 Å². The lowest BCUT2D eigenvalue weighted by molar-refractivity contribution is -0.384. The number of nitro groups is 1. The van der Waals surface area contributed by atoms with E-state index in [4.69, 9.17) is 0 Å². The van der Waals surface area contributed by atoms with Crippen molar-refractivity contribution in [2.24, 2.45) is 0 Å². The first-order valence-electron chi connectivity index (χ1n) is 10.3. The molecule has 3 aromatic carbocycles. The minimum atomic E-state index is -0.531. The van der Waals surface area contributed by atoms with Crippen LogP contribution in [0.15, 0.2) is 72.8 Å². The van der Waals surface area contributed by atoms with E-state index in [-0.39, 0.29) is 11.6 Å². The van der Waals surface area contributed by atoms with Crippen LogP contribution in [0.5, 0.6) is 0 Å². The molecule has 0 saturated heterocycles. The summed E-state index contributed by atoms with van der Waals surface area (Å²) in [6, 6.07) is 19.9. The van der Waals surface area contributed by atoms with E-state index in [9.17, 15) is 19.7 Å². The number of urea groups is 1. The number of hydrogen-bond donors (Lipinski definition) is 3. The quantitative estimate of drug-likeness (QED) is 0.352. The fourth-order valence-electron chi connectivity index (χ4n) is 3.21. The Morgan fingerprint density at radius 1 is 0.909 bits per heavy atom. The Balaban J connectivity index is 1.66. The minimum absolute atomic E-state index is 0.0665. The molecule has 0 aliphatic heterocycles. The molecule has 9 nitrogen and oxygen atoms in total. The van der Waals surface area contributed by atoms with Gasteiger partial charge in [0.25, 0.3) is 11.6 Å². The molecule has 0 radical (unpaired) electrons. The van der Waals surface area contributed by atoms with Gasteiger partial charge in [0.2, 0.25) is 0 Å². The molecule has 3 amide bonds. The van der Waals surface area contributed by atoms with Crippen molar-refractivity contribution in [1.82, 2.24) is 5.32 Å². The Kier molecular flexibility index (Phi) is 7.59. The van der Waals surface area contributed by atoms with Gasteiger partial charge in [0.05, 0.1) is 10.5 Å². The molecule has 0 unspecified atom stereocenters. The van der Waals surface area contributed by atoms with Gasteiger partial charge in [-0.1, -0.05) is 30.3 Å². The highest BCUT2D eigenvalue weighted by Crippen LogP contribution is 2.23. The van der Waals surface area contributed by atoms with Crippen LogP contribution in [-0.4, -0.2) is 37.5 Å². The van der Waals surface area contributed by atoms with Crippen molar-refractivity contribution in [2.75, 3.05) is 36.2 Å². The number of rotatable bonds is 8. The summed E-state index contributed by atoms with van der Waals surface area (Å²) in [6.07, 6.45) is 0.708. The SMILES string of the molecule is CN(C)c1ccc(NC(=O)Nc2ccc([N+](=O)[O-])cc2)cc1C(=O)NCCc1ccccc1. The van der Waals surface area contributed by atoms with Crippen LogP contribution in [0.1, 0.15) is 15.9 Å². The third-order valence-electron chi connectivity index (χ3n) is 4.86. The van der Waals surface area contributed by atoms with E-state index in [1.807, 2.05) is 49.3 Å². The topological polar surface area (TPSA) is 117 Å². The lowest BCUT2D eigenvalue weighted by Crippen LogP contribution is -2.28. The number of nitro benzene ring substituents is 1. The van der Waals surface area contributed by atoms with E-state index in [1.54, 1.807) is 18.2 Å². The van der Waals surface area contributed by atoms with Crippen molar-refractivity contribution in [3.05, 3.63) is 94.0 Å². The summed E-state index contributed by atoms with van der Waals surface area (Å²) in [4.78, 5) is 37.3. The van der Waals surface area contributed by atoms with Gasteiger partial charge in [0.15, 0.2) is 0 Å². The number of nitrogens with one attached hydrogen (secondary N) is 3. The van der Waals surface area contributed by atoms with Crippen LogP contribution in [0.2, 0.25) is 0 Å². The lowest BCUT2D eigenvalue weighted by Gasteiger charge is -2.18. The van der Waals surface area contributed by atoms with E-state index in [2.05, 4.69) is 16.0 Å². The van der Waals surface area contributed by atoms with Gasteiger partial charge in [-0.25, -0.2) is 4.79 Å². The number of nitrogens with zero attached hydrogens (tertiary/aromatic N) is 2. The zero-order chi connectivity index (χ0) is 23.8. The fraction of sp³-hybridized carbons (Fsp3) is 0.167. The van der Waals surface area contributed by atoms with Crippen LogP contribution < -0.4 is 20.9 Å². The van der Waals surface area contributed by atoms with Crippen molar-refractivity contribution in [2.45, 2.75) is 6.42 Å². The molecule has 0 atom stereocenters. The Morgan fingerprint density at radius 3 is 2.18 bits per heavy atom. The van der Waals surface area contributed by atoms with E-state index in [1.165, 1.54) is 24.3 Å². The predicted octanol–water partition coefficient (Wildman–Crippen LogP) is 4.28. The molecule has 3 aromatic rings. The summed E-state index contributed by atoms with van der Waals surface area (Å²) >= 11 is 0. The highest BCUT2D eigenvalue weighted by Gasteiger charge is 2.15. The van der Waals surface area contributed by atoms with Crippen LogP contribution in [-0.2, 0) is 6.42 Å². The maximum Gasteiger partial charge on any atom is 0.323 e. The standard InChI is InChI=1S/C24H25N5O4/c1-28(2)22-13-10-19(27-24(31)26-18-8-11-20(12-9-18)29(32)33)16-21(22)23(30)25-15-14-17-6-4-3-5-7-17/h3-13,16H,14-15H2,1-2H3,(H,25,30)(H2,26,27,31). The summed E-state index contributed by atoms with van der Waals surface area (Å²) in [6.45, 7) is 0.480. The first-order chi connectivity index (χ1) is 15.8. The second kappa shape index (κ2) is 10.8. The molecular weight excluding hydrogens is 422 g/mol. The molecule has 0 aromatic heterocycles. The van der Waals surface area contributed by atoms with Crippen molar-refractivity contribution in [1.29, 1.82) is 0 Å². The van der Waals surface area contributed by atoms with Gasteiger partial charge in [0, 0.05) is 49.8 Å². The number of anilines is 3. The summed E-state index contributed by atoms with van der Waals surface area (Å²) in [7, 11) is 3.68. The molecule has 170 valence electrons.